The fourth-order valence-electron chi connectivity index (χ4n) is 1.48. The smallest absolute Gasteiger partial charge is 0.328 e. The number of carbonyl (C=O) groups excluding carboxylic acids is 2. The first kappa shape index (κ1) is 16.9. The second kappa shape index (κ2) is 8.91. The molecule has 0 bridgehead atoms. The minimum Gasteiger partial charge on any atom is -0.467 e. The number of ether oxygens (including phenoxy) is 1. The van der Waals surface area contributed by atoms with E-state index in [2.05, 4.69) is 15.4 Å². The summed E-state index contributed by atoms with van der Waals surface area (Å²) in [7, 11) is 1.33. The van der Waals surface area contributed by atoms with Gasteiger partial charge in [-0.2, -0.15) is 0 Å². The molecule has 2 atom stereocenters. The van der Waals surface area contributed by atoms with Crippen LogP contribution in [0.15, 0.2) is 0 Å². The van der Waals surface area contributed by atoms with Gasteiger partial charge in [0.05, 0.1) is 13.7 Å². The van der Waals surface area contributed by atoms with E-state index in [1.54, 1.807) is 0 Å². The molecule has 0 aliphatic carbocycles. The summed E-state index contributed by atoms with van der Waals surface area (Å²) < 4.78 is 4.69. The van der Waals surface area contributed by atoms with Crippen LogP contribution in [0.4, 0.5) is 0 Å². The third kappa shape index (κ3) is 7.27. The molecule has 106 valence electrons. The van der Waals surface area contributed by atoms with E-state index in [0.717, 1.165) is 6.42 Å². The van der Waals surface area contributed by atoms with E-state index >= 15 is 0 Å². The van der Waals surface area contributed by atoms with E-state index < -0.39 is 6.04 Å². The van der Waals surface area contributed by atoms with Crippen LogP contribution >= 0.6 is 0 Å². The molecule has 0 aliphatic rings. The Balaban J connectivity index is 4.22. The Labute approximate surface area is 110 Å². The summed E-state index contributed by atoms with van der Waals surface area (Å²) in [6.07, 6.45) is 1.54. The Morgan fingerprint density at radius 2 is 1.83 bits per heavy atom. The van der Waals surface area contributed by atoms with E-state index in [-0.39, 0.29) is 24.5 Å². The molecule has 5 nitrogen and oxygen atoms in total. The van der Waals surface area contributed by atoms with Crippen molar-refractivity contribution in [3.05, 3.63) is 0 Å². The summed E-state index contributed by atoms with van der Waals surface area (Å²) in [5, 5.41) is 5.79. The van der Waals surface area contributed by atoms with Crippen molar-refractivity contribution in [1.29, 1.82) is 0 Å². The molecular weight excluding hydrogens is 232 g/mol. The van der Waals surface area contributed by atoms with E-state index in [1.165, 1.54) is 7.11 Å². The molecule has 5 heteroatoms. The Bertz CT molecular complexity index is 267. The molecular formula is C13H26N2O3. The topological polar surface area (TPSA) is 67.4 Å². The van der Waals surface area contributed by atoms with Gasteiger partial charge in [0.25, 0.3) is 0 Å². The summed E-state index contributed by atoms with van der Waals surface area (Å²) in [5.41, 5.74) is 0. The third-order valence-corrected chi connectivity index (χ3v) is 2.75. The lowest BCUT2D eigenvalue weighted by molar-refractivity contribution is -0.145. The maximum Gasteiger partial charge on any atom is 0.328 e. The average Bonchev–Trinajstić information content (AvgIpc) is 2.33. The second-order valence-electron chi connectivity index (χ2n) is 4.96. The molecule has 0 heterocycles. The van der Waals surface area contributed by atoms with Crippen LogP contribution < -0.4 is 10.6 Å². The predicted molar refractivity (Wildman–Crippen MR) is 71.2 cm³/mol. The van der Waals surface area contributed by atoms with Crippen LogP contribution in [0.2, 0.25) is 0 Å². The number of amides is 1. The van der Waals surface area contributed by atoms with Crippen molar-refractivity contribution in [3.8, 4) is 0 Å². The SMILES string of the molecule is CCC(C)NCC(=O)N[C@@H](CC(C)C)C(=O)OC. The molecule has 1 unspecified atom stereocenters. The number of carbonyl (C=O) groups is 2. The standard InChI is InChI=1S/C13H26N2O3/c1-6-10(4)14-8-12(16)15-11(7-9(2)3)13(17)18-5/h9-11,14H,6-8H2,1-5H3,(H,15,16)/t10?,11-/m0/s1. The predicted octanol–water partition coefficient (Wildman–Crippen LogP) is 1.08. The molecule has 0 rings (SSSR count). The van der Waals surface area contributed by atoms with Crippen molar-refractivity contribution in [2.24, 2.45) is 5.92 Å². The highest BCUT2D eigenvalue weighted by Crippen LogP contribution is 2.06. The number of methoxy groups -OCH3 is 1. The zero-order valence-electron chi connectivity index (χ0n) is 12.1. The number of rotatable bonds is 8. The molecule has 0 fully saturated rings. The van der Waals surface area contributed by atoms with Gasteiger partial charge in [0.2, 0.25) is 5.91 Å². The highest BCUT2D eigenvalue weighted by molar-refractivity contribution is 5.85. The lowest BCUT2D eigenvalue weighted by Crippen LogP contribution is -2.46. The molecule has 0 saturated heterocycles. The van der Waals surface area contributed by atoms with Gasteiger partial charge in [-0.1, -0.05) is 20.8 Å². The zero-order chi connectivity index (χ0) is 14.1. The first-order valence-corrected chi connectivity index (χ1v) is 6.51. The molecule has 1 amide bonds. The minimum atomic E-state index is -0.554. The summed E-state index contributed by atoms with van der Waals surface area (Å²) in [4.78, 5) is 23.2. The first-order valence-electron chi connectivity index (χ1n) is 6.51. The van der Waals surface area contributed by atoms with Crippen molar-refractivity contribution in [3.63, 3.8) is 0 Å². The van der Waals surface area contributed by atoms with E-state index in [9.17, 15) is 9.59 Å². The van der Waals surface area contributed by atoms with Crippen molar-refractivity contribution in [2.45, 2.75) is 52.6 Å². The summed E-state index contributed by atoms with van der Waals surface area (Å²) >= 11 is 0. The van der Waals surface area contributed by atoms with E-state index in [1.807, 2.05) is 27.7 Å². The Morgan fingerprint density at radius 3 is 2.28 bits per heavy atom. The van der Waals surface area contributed by atoms with Crippen LogP contribution in [0, 0.1) is 5.92 Å². The van der Waals surface area contributed by atoms with Crippen LogP contribution in [-0.2, 0) is 14.3 Å². The fourth-order valence-corrected chi connectivity index (χ4v) is 1.48. The number of esters is 1. The quantitative estimate of drug-likeness (QED) is 0.639. The molecule has 0 saturated carbocycles. The highest BCUT2D eigenvalue weighted by atomic mass is 16.5. The Kier molecular flexibility index (Phi) is 8.37. The van der Waals surface area contributed by atoms with Gasteiger partial charge < -0.3 is 15.4 Å². The van der Waals surface area contributed by atoms with Gasteiger partial charge in [-0.3, -0.25) is 4.79 Å². The molecule has 0 aliphatic heterocycles. The van der Waals surface area contributed by atoms with Crippen molar-refractivity contribution >= 4 is 11.9 Å². The highest BCUT2D eigenvalue weighted by Gasteiger charge is 2.22. The normalized spacial score (nSPS) is 14.1. The Hall–Kier alpha value is -1.10. The summed E-state index contributed by atoms with van der Waals surface area (Å²) in [6, 6.07) is -0.265. The molecule has 0 aromatic carbocycles. The van der Waals surface area contributed by atoms with Gasteiger partial charge in [-0.05, 0) is 25.7 Å². The maximum absolute atomic E-state index is 11.7. The van der Waals surface area contributed by atoms with Gasteiger partial charge in [0, 0.05) is 6.04 Å². The number of hydrogen-bond donors (Lipinski definition) is 2. The van der Waals surface area contributed by atoms with E-state index in [4.69, 9.17) is 0 Å². The molecule has 2 N–H and O–H groups in total. The Morgan fingerprint density at radius 1 is 1.22 bits per heavy atom. The van der Waals surface area contributed by atoms with Gasteiger partial charge in [0.1, 0.15) is 6.04 Å². The van der Waals surface area contributed by atoms with Crippen LogP contribution in [0.1, 0.15) is 40.5 Å². The van der Waals surface area contributed by atoms with Crippen LogP contribution in [-0.4, -0.2) is 37.6 Å². The molecule has 0 radical (unpaired) electrons. The van der Waals surface area contributed by atoms with Crippen LogP contribution in [0.3, 0.4) is 0 Å². The monoisotopic (exact) mass is 258 g/mol. The zero-order valence-corrected chi connectivity index (χ0v) is 12.1. The van der Waals surface area contributed by atoms with Gasteiger partial charge >= 0.3 is 5.97 Å². The van der Waals surface area contributed by atoms with Crippen LogP contribution in [0.5, 0.6) is 0 Å². The van der Waals surface area contributed by atoms with Crippen molar-refractivity contribution < 1.29 is 14.3 Å². The number of hydrogen-bond acceptors (Lipinski definition) is 4. The third-order valence-electron chi connectivity index (χ3n) is 2.75. The minimum absolute atomic E-state index is 0.175. The van der Waals surface area contributed by atoms with Crippen molar-refractivity contribution in [1.82, 2.24) is 10.6 Å². The number of nitrogens with one attached hydrogen (secondary N) is 2. The second-order valence-corrected chi connectivity index (χ2v) is 4.96. The van der Waals surface area contributed by atoms with Gasteiger partial charge in [0.15, 0.2) is 0 Å². The molecule has 0 spiro atoms. The van der Waals surface area contributed by atoms with Crippen LogP contribution in [0.25, 0.3) is 0 Å². The van der Waals surface area contributed by atoms with Crippen molar-refractivity contribution in [2.75, 3.05) is 13.7 Å². The lowest BCUT2D eigenvalue weighted by atomic mass is 10.0. The lowest BCUT2D eigenvalue weighted by Gasteiger charge is -2.19. The summed E-state index contributed by atoms with van der Waals surface area (Å²) in [5.74, 6) is -0.246. The average molecular weight is 258 g/mol. The largest absolute Gasteiger partial charge is 0.467 e. The van der Waals surface area contributed by atoms with Gasteiger partial charge in [-0.25, -0.2) is 4.79 Å². The maximum atomic E-state index is 11.7. The summed E-state index contributed by atoms with van der Waals surface area (Å²) in [6.45, 7) is 8.28. The fraction of sp³-hybridized carbons (Fsp3) is 0.846. The molecule has 0 aromatic heterocycles. The molecule has 0 aromatic rings. The molecule has 18 heavy (non-hydrogen) atoms. The van der Waals surface area contributed by atoms with Gasteiger partial charge in [-0.15, -0.1) is 0 Å². The van der Waals surface area contributed by atoms with E-state index in [0.29, 0.717) is 12.3 Å². The first-order chi connectivity index (χ1) is 8.40.